The number of benzene rings is 2. The molecule has 2 aromatic carbocycles. The molecule has 0 saturated carbocycles. The number of methoxy groups -OCH3 is 1. The van der Waals surface area contributed by atoms with Crippen LogP contribution in [0, 0.1) is 0 Å². The van der Waals surface area contributed by atoms with Gasteiger partial charge in [0.05, 0.1) is 23.8 Å². The van der Waals surface area contributed by atoms with Crippen LogP contribution in [0.15, 0.2) is 36.4 Å². The van der Waals surface area contributed by atoms with Crippen molar-refractivity contribution in [2.75, 3.05) is 18.6 Å². The molecule has 4 heteroatoms. The van der Waals surface area contributed by atoms with Crippen molar-refractivity contribution >= 4 is 33.2 Å². The van der Waals surface area contributed by atoms with Crippen LogP contribution in [-0.4, -0.2) is 12.1 Å². The van der Waals surface area contributed by atoms with Crippen LogP contribution in [0.5, 0.6) is 5.75 Å². The smallest absolute Gasteiger partial charge is 0.119 e. The first-order valence-corrected chi connectivity index (χ1v) is 5.61. The van der Waals surface area contributed by atoms with Crippen molar-refractivity contribution in [1.29, 1.82) is 0 Å². The second kappa shape index (κ2) is 3.77. The fourth-order valence-corrected chi connectivity index (χ4v) is 2.10. The second-order valence-electron chi connectivity index (χ2n) is 4.19. The summed E-state index contributed by atoms with van der Waals surface area (Å²) < 4.78 is 5.21. The summed E-state index contributed by atoms with van der Waals surface area (Å²) in [6.45, 7) is 0. The first-order chi connectivity index (χ1) is 8.69. The molecule has 18 heavy (non-hydrogen) atoms. The maximum absolute atomic E-state index is 6.20. The number of nitrogens with two attached hydrogens (primary N) is 2. The predicted molar refractivity (Wildman–Crippen MR) is 74.6 cm³/mol. The standard InChI is InChI=1S/C14H13N3O/c1-18-9-3-5-13-11(7-9)14(16)10-6-8(15)2-4-12(10)17-13/h2-7H,15H2,1H3,(H2,16,17). The minimum Gasteiger partial charge on any atom is -0.497 e. The van der Waals surface area contributed by atoms with Crippen molar-refractivity contribution in [2.24, 2.45) is 0 Å². The summed E-state index contributed by atoms with van der Waals surface area (Å²) >= 11 is 0. The Morgan fingerprint density at radius 3 is 2.33 bits per heavy atom. The summed E-state index contributed by atoms with van der Waals surface area (Å²) in [5.41, 5.74) is 15.0. The van der Waals surface area contributed by atoms with Gasteiger partial charge in [0.25, 0.3) is 0 Å². The molecule has 0 unspecified atom stereocenters. The summed E-state index contributed by atoms with van der Waals surface area (Å²) in [4.78, 5) is 4.56. The summed E-state index contributed by atoms with van der Waals surface area (Å²) in [6, 6.07) is 11.2. The quantitative estimate of drug-likeness (QED) is 0.505. The van der Waals surface area contributed by atoms with E-state index in [0.717, 1.165) is 27.6 Å². The number of rotatable bonds is 1. The highest BCUT2D eigenvalue weighted by molar-refractivity contribution is 6.07. The third-order valence-electron chi connectivity index (χ3n) is 3.05. The third-order valence-corrected chi connectivity index (χ3v) is 3.05. The van der Waals surface area contributed by atoms with Crippen molar-refractivity contribution in [3.63, 3.8) is 0 Å². The monoisotopic (exact) mass is 239 g/mol. The highest BCUT2D eigenvalue weighted by atomic mass is 16.5. The van der Waals surface area contributed by atoms with Crippen LogP contribution in [0.3, 0.4) is 0 Å². The van der Waals surface area contributed by atoms with Crippen LogP contribution < -0.4 is 16.2 Å². The lowest BCUT2D eigenvalue weighted by Gasteiger charge is -2.08. The van der Waals surface area contributed by atoms with Gasteiger partial charge in [0, 0.05) is 16.5 Å². The van der Waals surface area contributed by atoms with E-state index in [4.69, 9.17) is 16.2 Å². The molecule has 4 nitrogen and oxygen atoms in total. The van der Waals surface area contributed by atoms with Gasteiger partial charge in [0.1, 0.15) is 5.75 Å². The fourth-order valence-electron chi connectivity index (χ4n) is 2.10. The van der Waals surface area contributed by atoms with Crippen molar-refractivity contribution in [3.05, 3.63) is 36.4 Å². The molecule has 0 aliphatic heterocycles. The van der Waals surface area contributed by atoms with Gasteiger partial charge >= 0.3 is 0 Å². The Labute approximate surface area is 104 Å². The number of fused-ring (bicyclic) bond motifs is 2. The highest BCUT2D eigenvalue weighted by Crippen LogP contribution is 2.31. The van der Waals surface area contributed by atoms with Crippen LogP contribution >= 0.6 is 0 Å². The molecule has 0 atom stereocenters. The molecule has 0 saturated heterocycles. The number of pyridine rings is 1. The number of ether oxygens (including phenoxy) is 1. The van der Waals surface area contributed by atoms with Crippen molar-refractivity contribution in [3.8, 4) is 5.75 Å². The van der Waals surface area contributed by atoms with E-state index in [1.165, 1.54) is 0 Å². The number of anilines is 2. The third kappa shape index (κ3) is 1.50. The Morgan fingerprint density at radius 2 is 1.61 bits per heavy atom. The van der Waals surface area contributed by atoms with E-state index in [1.54, 1.807) is 7.11 Å². The van der Waals surface area contributed by atoms with E-state index < -0.39 is 0 Å². The maximum atomic E-state index is 6.20. The zero-order chi connectivity index (χ0) is 12.7. The molecule has 0 aliphatic rings. The average Bonchev–Trinajstić information content (AvgIpc) is 2.40. The fraction of sp³-hybridized carbons (Fsp3) is 0.0714. The SMILES string of the molecule is COc1ccc2nc3ccc(N)cc3c(N)c2c1. The van der Waals surface area contributed by atoms with Gasteiger partial charge in [-0.3, -0.25) is 0 Å². The first-order valence-electron chi connectivity index (χ1n) is 5.61. The molecular weight excluding hydrogens is 226 g/mol. The summed E-state index contributed by atoms with van der Waals surface area (Å²) in [5, 5.41) is 1.75. The second-order valence-corrected chi connectivity index (χ2v) is 4.19. The van der Waals surface area contributed by atoms with Gasteiger partial charge < -0.3 is 16.2 Å². The van der Waals surface area contributed by atoms with Crippen LogP contribution in [0.4, 0.5) is 11.4 Å². The van der Waals surface area contributed by atoms with Gasteiger partial charge in [-0.05, 0) is 36.4 Å². The average molecular weight is 239 g/mol. The van der Waals surface area contributed by atoms with E-state index in [2.05, 4.69) is 4.98 Å². The van der Waals surface area contributed by atoms with Crippen molar-refractivity contribution in [2.45, 2.75) is 0 Å². The molecular formula is C14H13N3O. The number of hydrogen-bond donors (Lipinski definition) is 2. The molecule has 0 fully saturated rings. The van der Waals surface area contributed by atoms with Crippen molar-refractivity contribution in [1.82, 2.24) is 4.98 Å². The molecule has 1 heterocycles. The lowest BCUT2D eigenvalue weighted by molar-refractivity contribution is 0.415. The Morgan fingerprint density at radius 1 is 0.944 bits per heavy atom. The maximum Gasteiger partial charge on any atom is 0.119 e. The van der Waals surface area contributed by atoms with E-state index >= 15 is 0 Å². The van der Waals surface area contributed by atoms with Gasteiger partial charge in [-0.25, -0.2) is 4.98 Å². The Kier molecular flexibility index (Phi) is 2.23. The number of hydrogen-bond acceptors (Lipinski definition) is 4. The molecule has 1 aromatic heterocycles. The Balaban J connectivity index is 2.45. The summed E-state index contributed by atoms with van der Waals surface area (Å²) in [6.07, 6.45) is 0. The predicted octanol–water partition coefficient (Wildman–Crippen LogP) is 2.56. The topological polar surface area (TPSA) is 74.2 Å². The van der Waals surface area contributed by atoms with Gasteiger partial charge in [0.15, 0.2) is 0 Å². The molecule has 3 aromatic rings. The molecule has 0 aliphatic carbocycles. The lowest BCUT2D eigenvalue weighted by atomic mass is 10.1. The van der Waals surface area contributed by atoms with Gasteiger partial charge in [-0.2, -0.15) is 0 Å². The number of aromatic nitrogens is 1. The number of nitrogen functional groups attached to an aromatic ring is 2. The van der Waals surface area contributed by atoms with E-state index in [9.17, 15) is 0 Å². The number of nitrogens with zero attached hydrogens (tertiary/aromatic N) is 1. The first kappa shape index (κ1) is 10.7. The minimum absolute atomic E-state index is 0.679. The minimum atomic E-state index is 0.679. The lowest BCUT2D eigenvalue weighted by Crippen LogP contribution is -1.94. The van der Waals surface area contributed by atoms with Crippen LogP contribution in [0.1, 0.15) is 0 Å². The molecule has 0 radical (unpaired) electrons. The molecule has 0 spiro atoms. The molecule has 4 N–H and O–H groups in total. The summed E-state index contributed by atoms with van der Waals surface area (Å²) in [7, 11) is 1.63. The van der Waals surface area contributed by atoms with Crippen LogP contribution in [0.2, 0.25) is 0 Å². The molecule has 0 amide bonds. The van der Waals surface area contributed by atoms with Gasteiger partial charge in [-0.15, -0.1) is 0 Å². The normalized spacial score (nSPS) is 10.9. The van der Waals surface area contributed by atoms with Crippen LogP contribution in [-0.2, 0) is 0 Å². The van der Waals surface area contributed by atoms with E-state index in [-0.39, 0.29) is 0 Å². The zero-order valence-corrected chi connectivity index (χ0v) is 9.97. The highest BCUT2D eigenvalue weighted by Gasteiger charge is 2.07. The van der Waals surface area contributed by atoms with Gasteiger partial charge in [0.2, 0.25) is 0 Å². The van der Waals surface area contributed by atoms with E-state index in [1.807, 2.05) is 36.4 Å². The zero-order valence-electron chi connectivity index (χ0n) is 9.97. The van der Waals surface area contributed by atoms with E-state index in [0.29, 0.717) is 11.4 Å². The Hall–Kier alpha value is -2.49. The molecule has 3 rings (SSSR count). The Bertz CT molecular complexity index is 753. The summed E-state index contributed by atoms with van der Waals surface area (Å²) in [5.74, 6) is 0.763. The molecule has 0 bridgehead atoms. The molecule has 90 valence electrons. The van der Waals surface area contributed by atoms with Crippen molar-refractivity contribution < 1.29 is 4.74 Å². The van der Waals surface area contributed by atoms with Crippen LogP contribution in [0.25, 0.3) is 21.8 Å². The largest absolute Gasteiger partial charge is 0.497 e. The van der Waals surface area contributed by atoms with Gasteiger partial charge in [-0.1, -0.05) is 0 Å².